The fourth-order valence-electron chi connectivity index (χ4n) is 5.03. The molecule has 48 heavy (non-hydrogen) atoms. The van der Waals surface area contributed by atoms with Crippen molar-refractivity contribution in [2.75, 3.05) is 35.8 Å². The molecule has 0 radical (unpaired) electrons. The fraction of sp³-hybridized carbons (Fsp3) is 0.265. The van der Waals surface area contributed by atoms with Crippen LogP contribution >= 0.6 is 11.5 Å². The van der Waals surface area contributed by atoms with Crippen LogP contribution in [0, 0.1) is 30.5 Å². The third-order valence-electron chi connectivity index (χ3n) is 7.18. The molecule has 0 spiro atoms. The molecule has 248 valence electrons. The lowest BCUT2D eigenvalue weighted by molar-refractivity contribution is -0.121. The number of fused-ring (bicyclic) bond motifs is 2. The van der Waals surface area contributed by atoms with E-state index in [0.29, 0.717) is 33.4 Å². The highest BCUT2D eigenvalue weighted by atomic mass is 32.1. The van der Waals surface area contributed by atoms with Crippen molar-refractivity contribution in [3.63, 3.8) is 0 Å². The molecule has 0 unspecified atom stereocenters. The molecule has 3 heterocycles. The van der Waals surface area contributed by atoms with Crippen LogP contribution in [0.5, 0.6) is 11.5 Å². The predicted molar refractivity (Wildman–Crippen MR) is 179 cm³/mol. The highest BCUT2D eigenvalue weighted by Crippen LogP contribution is 2.37. The Kier molecular flexibility index (Phi) is 10.1. The molecule has 0 fully saturated rings. The van der Waals surface area contributed by atoms with Gasteiger partial charge in [-0.05, 0) is 48.2 Å². The number of terminal acetylenes is 1. The van der Waals surface area contributed by atoms with Gasteiger partial charge in [-0.2, -0.15) is 4.37 Å². The van der Waals surface area contributed by atoms with Crippen LogP contribution in [0.25, 0.3) is 0 Å². The SMILES string of the molecule is C#CCN1C(=O)COc2cc(F)c(N=c3snc4n3CC(C)(C)C4)cc21.COC(=O)Nc1cccc(OC(=O)Nc2cccc(C)c2)c1. The van der Waals surface area contributed by atoms with Crippen LogP contribution in [0.15, 0.2) is 65.7 Å². The first-order valence-corrected chi connectivity index (χ1v) is 15.5. The van der Waals surface area contributed by atoms with Gasteiger partial charge in [0.05, 0.1) is 19.3 Å². The molecule has 3 amide bonds. The van der Waals surface area contributed by atoms with Crippen molar-refractivity contribution in [2.45, 2.75) is 33.7 Å². The molecular weight excluding hydrogens is 639 g/mol. The normalized spacial score (nSPS) is 14.4. The summed E-state index contributed by atoms with van der Waals surface area (Å²) < 4.78 is 36.0. The molecule has 3 aromatic carbocycles. The lowest BCUT2D eigenvalue weighted by Crippen LogP contribution is -2.39. The summed E-state index contributed by atoms with van der Waals surface area (Å²) in [5, 5.41) is 5.12. The number of methoxy groups -OCH3 is 1. The monoisotopic (exact) mass is 672 g/mol. The van der Waals surface area contributed by atoms with Crippen molar-refractivity contribution in [1.82, 2.24) is 8.94 Å². The first-order valence-electron chi connectivity index (χ1n) is 14.8. The third kappa shape index (κ3) is 8.18. The minimum Gasteiger partial charge on any atom is -0.481 e. The lowest BCUT2D eigenvalue weighted by atomic mass is 9.92. The number of anilines is 3. The predicted octanol–water partition coefficient (Wildman–Crippen LogP) is 6.04. The van der Waals surface area contributed by atoms with Crippen LogP contribution in [-0.2, 0) is 22.5 Å². The molecule has 4 aromatic rings. The van der Waals surface area contributed by atoms with Gasteiger partial charge in [-0.1, -0.05) is 38.0 Å². The van der Waals surface area contributed by atoms with E-state index < -0.39 is 18.0 Å². The molecule has 2 aliphatic rings. The quantitative estimate of drug-likeness (QED) is 0.247. The Morgan fingerprint density at radius 1 is 1.12 bits per heavy atom. The van der Waals surface area contributed by atoms with Crippen LogP contribution in [0.4, 0.5) is 36.7 Å². The minimum atomic E-state index is -0.610. The van der Waals surface area contributed by atoms with Gasteiger partial charge < -0.3 is 18.8 Å². The maximum atomic E-state index is 14.5. The average Bonchev–Trinajstić information content (AvgIpc) is 3.54. The molecule has 0 aliphatic carbocycles. The number of amides is 3. The van der Waals surface area contributed by atoms with Crippen molar-refractivity contribution in [3.8, 4) is 23.8 Å². The van der Waals surface area contributed by atoms with E-state index >= 15 is 0 Å². The molecular formula is C34H33FN6O6S. The van der Waals surface area contributed by atoms with Gasteiger partial charge in [0.2, 0.25) is 4.80 Å². The number of rotatable bonds is 5. The fourth-order valence-corrected chi connectivity index (χ4v) is 5.78. The van der Waals surface area contributed by atoms with Crippen molar-refractivity contribution < 1.29 is 33.0 Å². The number of benzene rings is 3. The third-order valence-corrected chi connectivity index (χ3v) is 7.95. The molecule has 0 saturated heterocycles. The standard InChI is InChI=1S/C18H17FN4O2S.C16H16N2O4/c1-4-5-22-13-7-12(11(19)6-14(13)25-9-16(22)24)20-17-23-10-18(2,3)8-15(23)21-26-17;1-11-5-3-6-12(9-11)18-16(20)22-14-8-4-7-13(10-14)17-15(19)21-2/h1,6-7H,5,8-10H2,2-3H3;3-10H,1-2H3,(H,17,19)(H,18,20). The Balaban J connectivity index is 0.000000191. The Bertz CT molecular complexity index is 1980. The van der Waals surface area contributed by atoms with Crippen molar-refractivity contribution >= 4 is 52.4 Å². The summed E-state index contributed by atoms with van der Waals surface area (Å²) in [6.07, 6.45) is 5.01. The van der Waals surface area contributed by atoms with Gasteiger partial charge in [0.15, 0.2) is 12.4 Å². The van der Waals surface area contributed by atoms with Gasteiger partial charge in [-0.15, -0.1) is 6.42 Å². The summed E-state index contributed by atoms with van der Waals surface area (Å²) in [5.74, 6) is 3.23. The maximum Gasteiger partial charge on any atom is 0.417 e. The Morgan fingerprint density at radius 3 is 2.58 bits per heavy atom. The summed E-state index contributed by atoms with van der Waals surface area (Å²) in [4.78, 5) is 41.5. The van der Waals surface area contributed by atoms with E-state index in [1.165, 1.54) is 41.7 Å². The summed E-state index contributed by atoms with van der Waals surface area (Å²) in [5.41, 5.74) is 2.82. The summed E-state index contributed by atoms with van der Waals surface area (Å²) in [6.45, 7) is 6.98. The number of carbonyl (C=O) groups excluding carboxylic acids is 3. The largest absolute Gasteiger partial charge is 0.481 e. The second kappa shape index (κ2) is 14.4. The second-order valence-corrected chi connectivity index (χ2v) is 12.4. The molecule has 2 N–H and O–H groups in total. The first-order chi connectivity index (χ1) is 22.9. The number of halogens is 1. The van der Waals surface area contributed by atoms with Crippen LogP contribution in [0.1, 0.15) is 25.2 Å². The van der Waals surface area contributed by atoms with Gasteiger partial charge in [-0.3, -0.25) is 20.3 Å². The van der Waals surface area contributed by atoms with Gasteiger partial charge in [0.25, 0.3) is 5.91 Å². The number of nitrogens with one attached hydrogen (secondary N) is 2. The summed E-state index contributed by atoms with van der Waals surface area (Å²) >= 11 is 1.24. The van der Waals surface area contributed by atoms with Crippen molar-refractivity contribution in [1.29, 1.82) is 0 Å². The van der Waals surface area contributed by atoms with E-state index in [-0.39, 0.29) is 30.2 Å². The minimum absolute atomic E-state index is 0.0964. The average molecular weight is 673 g/mol. The zero-order chi connectivity index (χ0) is 34.4. The molecule has 14 heteroatoms. The zero-order valence-electron chi connectivity index (χ0n) is 26.7. The zero-order valence-corrected chi connectivity index (χ0v) is 27.5. The molecule has 2 aliphatic heterocycles. The number of nitrogens with zero attached hydrogens (tertiary/aromatic N) is 4. The highest BCUT2D eigenvalue weighted by Gasteiger charge is 2.31. The van der Waals surface area contributed by atoms with Gasteiger partial charge in [0, 0.05) is 48.0 Å². The second-order valence-electron chi connectivity index (χ2n) is 11.7. The van der Waals surface area contributed by atoms with E-state index in [0.717, 1.165) is 24.4 Å². The van der Waals surface area contributed by atoms with Crippen molar-refractivity contribution in [2.24, 2.45) is 10.4 Å². The summed E-state index contributed by atoms with van der Waals surface area (Å²) in [6, 6.07) is 16.6. The highest BCUT2D eigenvalue weighted by molar-refractivity contribution is 7.02. The molecule has 6 rings (SSSR count). The van der Waals surface area contributed by atoms with Crippen LogP contribution in [0.3, 0.4) is 0 Å². The smallest absolute Gasteiger partial charge is 0.417 e. The molecule has 12 nitrogen and oxygen atoms in total. The van der Waals surface area contributed by atoms with Crippen LogP contribution in [-0.4, -0.2) is 47.3 Å². The topological polar surface area (TPSA) is 136 Å². The molecule has 0 bridgehead atoms. The van der Waals surface area contributed by atoms with E-state index in [9.17, 15) is 18.8 Å². The molecule has 0 atom stereocenters. The Hall–Kier alpha value is -5.68. The number of aryl methyl sites for hydroxylation is 1. The van der Waals surface area contributed by atoms with Crippen molar-refractivity contribution in [3.05, 3.63) is 82.7 Å². The molecule has 0 saturated carbocycles. The molecule has 1 aromatic heterocycles. The lowest BCUT2D eigenvalue weighted by Gasteiger charge is -2.28. The number of ether oxygens (including phenoxy) is 3. The number of hydrogen-bond acceptors (Lipinski definition) is 9. The maximum absolute atomic E-state index is 14.5. The van der Waals surface area contributed by atoms with E-state index in [1.54, 1.807) is 24.3 Å². The van der Waals surface area contributed by atoms with E-state index in [4.69, 9.17) is 15.9 Å². The van der Waals surface area contributed by atoms with E-state index in [2.05, 4.69) is 44.5 Å². The van der Waals surface area contributed by atoms with E-state index in [1.807, 2.05) is 29.7 Å². The number of carbonyl (C=O) groups is 3. The number of hydrogen-bond donors (Lipinski definition) is 2. The Labute approximate surface area is 280 Å². The first kappa shape index (κ1) is 33.7. The van der Waals surface area contributed by atoms with Crippen LogP contribution in [0.2, 0.25) is 0 Å². The van der Waals surface area contributed by atoms with Gasteiger partial charge in [0.1, 0.15) is 23.0 Å². The number of aromatic nitrogens is 2. The van der Waals surface area contributed by atoms with Crippen LogP contribution < -0.4 is 29.8 Å². The van der Waals surface area contributed by atoms with Gasteiger partial charge >= 0.3 is 12.2 Å². The Morgan fingerprint density at radius 2 is 1.85 bits per heavy atom. The van der Waals surface area contributed by atoms with Gasteiger partial charge in [-0.25, -0.2) is 19.0 Å². The summed E-state index contributed by atoms with van der Waals surface area (Å²) in [7, 11) is 1.27.